The number of oxime groups is 1. The number of alkyl halides is 1. The second-order valence-corrected chi connectivity index (χ2v) is 6.84. The van der Waals surface area contributed by atoms with Crippen molar-refractivity contribution < 1.29 is 41.7 Å². The van der Waals surface area contributed by atoms with E-state index in [1.807, 2.05) is 0 Å². The van der Waals surface area contributed by atoms with Gasteiger partial charge in [-0.1, -0.05) is 5.16 Å². The molecule has 1 heterocycles. The number of primary amides is 1. The number of hydrogen-bond acceptors (Lipinski definition) is 7. The number of carbonyl (C=O) groups excluding carboxylic acids is 2. The summed E-state index contributed by atoms with van der Waals surface area (Å²) >= 11 is 0. The topological polar surface area (TPSA) is 177 Å². The lowest BCUT2D eigenvalue weighted by Gasteiger charge is -2.52. The Morgan fingerprint density at radius 3 is 2.50 bits per heavy atom. The summed E-state index contributed by atoms with van der Waals surface area (Å²) in [5.41, 5.74) is 2.98. The molecule has 0 radical (unpaired) electrons. The van der Waals surface area contributed by atoms with Crippen LogP contribution in [0, 0.1) is 11.8 Å². The SMILES string of the molecule is NC(=O)/C=N\OC1(C(=O)O)CC(C2C(=O)N(S(=O)(=O)O)[C@H]2CF)C1. The largest absolute Gasteiger partial charge is 0.478 e. The lowest BCUT2D eigenvalue weighted by Crippen LogP contribution is -2.69. The van der Waals surface area contributed by atoms with Gasteiger partial charge in [0.15, 0.2) is 0 Å². The summed E-state index contributed by atoms with van der Waals surface area (Å²) in [6.07, 6.45) is 0.0757. The quantitative estimate of drug-likeness (QED) is 0.206. The number of halogens is 1. The van der Waals surface area contributed by atoms with Crippen LogP contribution in [0.3, 0.4) is 0 Å². The van der Waals surface area contributed by atoms with E-state index in [9.17, 15) is 32.3 Å². The number of nitrogens with two attached hydrogens (primary N) is 1. The van der Waals surface area contributed by atoms with E-state index in [1.54, 1.807) is 0 Å². The van der Waals surface area contributed by atoms with Gasteiger partial charge in [-0.05, 0) is 5.92 Å². The molecule has 4 N–H and O–H groups in total. The number of nitrogens with zero attached hydrogens (tertiary/aromatic N) is 2. The molecule has 11 nitrogen and oxygen atoms in total. The molecule has 0 spiro atoms. The zero-order valence-electron chi connectivity index (χ0n) is 12.0. The maximum Gasteiger partial charge on any atom is 0.362 e. The number of rotatable bonds is 7. The highest BCUT2D eigenvalue weighted by Gasteiger charge is 2.64. The number of aliphatic carboxylic acids is 1. The number of hydrogen-bond donors (Lipinski definition) is 3. The van der Waals surface area contributed by atoms with Gasteiger partial charge in [-0.3, -0.25) is 14.1 Å². The summed E-state index contributed by atoms with van der Waals surface area (Å²) in [4.78, 5) is 38.4. The molecule has 13 heteroatoms. The van der Waals surface area contributed by atoms with Crippen molar-refractivity contribution in [3.8, 4) is 0 Å². The molecule has 2 amide bonds. The van der Waals surface area contributed by atoms with Gasteiger partial charge in [-0.25, -0.2) is 13.5 Å². The minimum Gasteiger partial charge on any atom is -0.478 e. The highest BCUT2D eigenvalue weighted by molar-refractivity contribution is 7.84. The number of carboxylic acids is 1. The van der Waals surface area contributed by atoms with E-state index in [0.717, 1.165) is 0 Å². The van der Waals surface area contributed by atoms with Gasteiger partial charge in [-0.15, -0.1) is 0 Å². The zero-order chi connectivity index (χ0) is 18.3. The van der Waals surface area contributed by atoms with Gasteiger partial charge in [0.2, 0.25) is 11.5 Å². The Balaban J connectivity index is 2.08. The maximum absolute atomic E-state index is 13.0. The van der Waals surface area contributed by atoms with Crippen molar-refractivity contribution in [3.63, 3.8) is 0 Å². The molecule has 0 aromatic heterocycles. The third-order valence-corrected chi connectivity index (χ3v) is 5.06. The first kappa shape index (κ1) is 18.1. The summed E-state index contributed by atoms with van der Waals surface area (Å²) in [7, 11) is -4.87. The molecule has 1 aliphatic carbocycles. The minimum atomic E-state index is -4.87. The first-order valence-corrected chi connectivity index (χ1v) is 8.04. The van der Waals surface area contributed by atoms with Crippen molar-refractivity contribution in [2.45, 2.75) is 24.5 Å². The molecule has 0 bridgehead atoms. The van der Waals surface area contributed by atoms with Crippen molar-refractivity contribution in [2.24, 2.45) is 22.7 Å². The van der Waals surface area contributed by atoms with Gasteiger partial charge in [0.05, 0.1) is 12.0 Å². The van der Waals surface area contributed by atoms with Gasteiger partial charge in [0.25, 0.3) is 5.91 Å². The predicted molar refractivity (Wildman–Crippen MR) is 73.5 cm³/mol. The number of carbonyl (C=O) groups is 3. The third kappa shape index (κ3) is 2.91. The van der Waals surface area contributed by atoms with Gasteiger partial charge in [0, 0.05) is 12.8 Å². The highest BCUT2D eigenvalue weighted by Crippen LogP contribution is 2.50. The van der Waals surface area contributed by atoms with E-state index in [-0.39, 0.29) is 17.1 Å². The van der Waals surface area contributed by atoms with Crippen molar-refractivity contribution in [1.29, 1.82) is 0 Å². The smallest absolute Gasteiger partial charge is 0.362 e. The molecule has 0 aromatic rings. The van der Waals surface area contributed by atoms with Crippen LogP contribution in [0.4, 0.5) is 4.39 Å². The second-order valence-electron chi connectivity index (χ2n) is 5.56. The summed E-state index contributed by atoms with van der Waals surface area (Å²) in [6, 6.07) is -1.39. The Hall–Kier alpha value is -2.28. The lowest BCUT2D eigenvalue weighted by atomic mass is 9.61. The molecule has 1 saturated heterocycles. The van der Waals surface area contributed by atoms with E-state index < -0.39 is 58.2 Å². The molecule has 2 aliphatic rings. The number of amides is 2. The van der Waals surface area contributed by atoms with Crippen LogP contribution in [-0.2, 0) is 29.5 Å². The third-order valence-electron chi connectivity index (χ3n) is 4.11. The van der Waals surface area contributed by atoms with Crippen LogP contribution >= 0.6 is 0 Å². The molecule has 2 rings (SSSR count). The average Bonchev–Trinajstić information content (AvgIpc) is 2.38. The van der Waals surface area contributed by atoms with Crippen LogP contribution in [0.1, 0.15) is 12.8 Å². The minimum absolute atomic E-state index is 0.0323. The van der Waals surface area contributed by atoms with Gasteiger partial charge < -0.3 is 15.7 Å². The molecule has 2 fully saturated rings. The van der Waals surface area contributed by atoms with Crippen LogP contribution < -0.4 is 5.73 Å². The first-order chi connectivity index (χ1) is 11.0. The zero-order valence-corrected chi connectivity index (χ0v) is 12.8. The summed E-state index contributed by atoms with van der Waals surface area (Å²) < 4.78 is 44.0. The Morgan fingerprint density at radius 2 is 2.08 bits per heavy atom. The predicted octanol–water partition coefficient (Wildman–Crippen LogP) is -1.69. The fourth-order valence-electron chi connectivity index (χ4n) is 3.01. The van der Waals surface area contributed by atoms with E-state index in [0.29, 0.717) is 6.21 Å². The van der Waals surface area contributed by atoms with Crippen molar-refractivity contribution in [2.75, 3.05) is 6.67 Å². The fourth-order valence-corrected chi connectivity index (χ4v) is 3.89. The van der Waals surface area contributed by atoms with Crippen LogP contribution in [-0.4, -0.2) is 64.7 Å². The molecule has 1 unspecified atom stereocenters. The molecule has 2 atom stereocenters. The standard InChI is InChI=1S/C11H14FN3O8S/c12-3-6-8(9(17)15(6)24(20,21)22)5-1-11(2-5,10(18)19)23-14-4-7(13)16/h4-6,8H,1-3H2,(H2,13,16)(H,18,19)(H,20,21,22)/b14-4-/t5?,6-,8?,11?/m0/s1. The van der Waals surface area contributed by atoms with E-state index in [1.165, 1.54) is 0 Å². The monoisotopic (exact) mass is 367 g/mol. The van der Waals surface area contributed by atoms with Gasteiger partial charge >= 0.3 is 16.3 Å². The fraction of sp³-hybridized carbons (Fsp3) is 0.636. The van der Waals surface area contributed by atoms with Crippen molar-refractivity contribution in [1.82, 2.24) is 4.31 Å². The summed E-state index contributed by atoms with van der Waals surface area (Å²) in [5.74, 6) is -5.13. The van der Waals surface area contributed by atoms with Crippen LogP contribution in [0.15, 0.2) is 5.16 Å². The van der Waals surface area contributed by atoms with E-state index >= 15 is 0 Å². The summed E-state index contributed by atoms with van der Waals surface area (Å²) in [6.45, 7) is -1.21. The second kappa shape index (κ2) is 5.98. The van der Waals surface area contributed by atoms with Crippen LogP contribution in [0.5, 0.6) is 0 Å². The highest BCUT2D eigenvalue weighted by atomic mass is 32.2. The molecular formula is C11H14FN3O8S. The van der Waals surface area contributed by atoms with E-state index in [2.05, 4.69) is 5.16 Å². The van der Waals surface area contributed by atoms with Crippen molar-refractivity contribution >= 4 is 34.3 Å². The molecule has 1 saturated carbocycles. The average molecular weight is 367 g/mol. The molecule has 134 valence electrons. The number of β-lactam (4-membered cyclic amide) rings is 1. The Bertz CT molecular complexity index is 702. The Labute approximate surface area is 135 Å². The normalized spacial score (nSPS) is 33.0. The van der Waals surface area contributed by atoms with Crippen LogP contribution in [0.2, 0.25) is 0 Å². The molecule has 24 heavy (non-hydrogen) atoms. The lowest BCUT2D eigenvalue weighted by molar-refractivity contribution is -0.199. The van der Waals surface area contributed by atoms with E-state index in [4.69, 9.17) is 15.1 Å². The first-order valence-electron chi connectivity index (χ1n) is 6.64. The Morgan fingerprint density at radius 1 is 1.50 bits per heavy atom. The summed E-state index contributed by atoms with van der Waals surface area (Å²) in [5, 5.41) is 12.3. The Kier molecular flexibility index (Phi) is 4.50. The number of carboxylic acid groups (broad SMARTS) is 1. The van der Waals surface area contributed by atoms with Gasteiger partial charge in [0.1, 0.15) is 12.9 Å². The maximum atomic E-state index is 13.0. The van der Waals surface area contributed by atoms with Crippen LogP contribution in [0.25, 0.3) is 0 Å². The molecular weight excluding hydrogens is 353 g/mol. The molecule has 0 aromatic carbocycles. The van der Waals surface area contributed by atoms with Crippen molar-refractivity contribution in [3.05, 3.63) is 0 Å². The molecule has 1 aliphatic heterocycles. The van der Waals surface area contributed by atoms with Gasteiger partial charge in [-0.2, -0.15) is 8.42 Å².